The van der Waals surface area contributed by atoms with Crippen LogP contribution in [0.15, 0.2) is 4.99 Å². The molecule has 0 aromatic carbocycles. The monoisotopic (exact) mass is 344 g/mol. The Balaban J connectivity index is 2.99. The first-order valence-corrected chi connectivity index (χ1v) is 9.63. The van der Waals surface area contributed by atoms with Gasteiger partial charge in [-0.15, -0.1) is 12.6 Å². The van der Waals surface area contributed by atoms with Gasteiger partial charge < -0.3 is 5.32 Å². The maximum atomic E-state index is 9.88. The molecule has 0 unspecified atom stereocenters. The van der Waals surface area contributed by atoms with Crippen LogP contribution in [0.2, 0.25) is 0 Å². The van der Waals surface area contributed by atoms with Gasteiger partial charge in [0.15, 0.2) is 0 Å². The van der Waals surface area contributed by atoms with Gasteiger partial charge in [0.25, 0.3) is 0 Å². The highest BCUT2D eigenvalue weighted by molar-refractivity contribution is 8.11. The van der Waals surface area contributed by atoms with E-state index in [0.29, 0.717) is 10.9 Å². The number of aliphatic imine (C=N–C) groups is 1. The summed E-state index contributed by atoms with van der Waals surface area (Å²) in [7, 11) is 0. The topological polar surface area (TPSA) is 41.5 Å². The zero-order valence-electron chi connectivity index (χ0n) is 13.8. The van der Waals surface area contributed by atoms with Crippen molar-refractivity contribution in [2.75, 3.05) is 13.1 Å². The summed E-state index contributed by atoms with van der Waals surface area (Å²) in [5, 5.41) is 3.07. The molecule has 0 saturated heterocycles. The van der Waals surface area contributed by atoms with E-state index in [-0.39, 0.29) is 0 Å². The van der Waals surface area contributed by atoms with Crippen molar-refractivity contribution in [3.63, 3.8) is 0 Å². The van der Waals surface area contributed by atoms with Gasteiger partial charge in [-0.2, -0.15) is 0 Å². The fourth-order valence-corrected chi connectivity index (χ4v) is 2.72. The summed E-state index contributed by atoms with van der Waals surface area (Å²) in [6.45, 7) is 1.62. The van der Waals surface area contributed by atoms with Crippen LogP contribution >= 0.6 is 24.8 Å². The molecule has 3 nitrogen and oxygen atoms in total. The Bertz CT molecular complexity index is 289. The molecule has 5 heteroatoms. The van der Waals surface area contributed by atoms with Crippen LogP contribution in [0.5, 0.6) is 0 Å². The van der Waals surface area contributed by atoms with Crippen LogP contribution in [0.1, 0.15) is 83.5 Å². The molecule has 0 fully saturated rings. The van der Waals surface area contributed by atoms with E-state index in [1.165, 1.54) is 77.0 Å². The molecule has 0 aliphatic carbocycles. The van der Waals surface area contributed by atoms with Crippen LogP contribution in [0.3, 0.4) is 0 Å². The standard InChI is InChI=1S/C17H32N2OS2/c20-16-18-14-12-10-8-6-4-2-1-3-5-7-9-11-13-15-19-17(21)22/h1-15H2,(H2,19,21,22). The summed E-state index contributed by atoms with van der Waals surface area (Å²) in [6.07, 6.45) is 18.5. The summed E-state index contributed by atoms with van der Waals surface area (Å²) in [5.74, 6) is 0. The van der Waals surface area contributed by atoms with Crippen molar-refractivity contribution in [3.8, 4) is 0 Å². The molecule has 0 radical (unpaired) electrons. The molecule has 0 aliphatic rings. The molecule has 0 aromatic heterocycles. The fraction of sp³-hybridized carbons (Fsp3) is 0.882. The van der Waals surface area contributed by atoms with Gasteiger partial charge in [0.05, 0.1) is 6.54 Å². The smallest absolute Gasteiger partial charge is 0.234 e. The van der Waals surface area contributed by atoms with Gasteiger partial charge in [-0.3, -0.25) is 0 Å². The van der Waals surface area contributed by atoms with E-state index < -0.39 is 0 Å². The molecule has 0 spiro atoms. The van der Waals surface area contributed by atoms with Crippen LogP contribution in [0.25, 0.3) is 0 Å². The van der Waals surface area contributed by atoms with Gasteiger partial charge >= 0.3 is 0 Å². The number of nitrogens with zero attached hydrogens (tertiary/aromatic N) is 1. The highest BCUT2D eigenvalue weighted by Gasteiger charge is 1.94. The molecular weight excluding hydrogens is 312 g/mol. The van der Waals surface area contributed by atoms with Crippen molar-refractivity contribution in [2.24, 2.45) is 4.99 Å². The second kappa shape index (κ2) is 18.7. The highest BCUT2D eigenvalue weighted by atomic mass is 32.1. The molecule has 1 N–H and O–H groups in total. The Morgan fingerprint density at radius 3 is 1.64 bits per heavy atom. The first-order valence-electron chi connectivity index (χ1n) is 8.78. The summed E-state index contributed by atoms with van der Waals surface area (Å²) in [6, 6.07) is 0. The molecule has 0 aromatic rings. The number of unbranched alkanes of at least 4 members (excludes halogenated alkanes) is 12. The Morgan fingerprint density at radius 1 is 0.818 bits per heavy atom. The minimum atomic E-state index is 0.606. The molecule has 0 saturated carbocycles. The zero-order valence-corrected chi connectivity index (χ0v) is 15.5. The summed E-state index contributed by atoms with van der Waals surface area (Å²) >= 11 is 8.87. The third-order valence-electron chi connectivity index (χ3n) is 3.79. The molecule has 0 rings (SSSR count). The van der Waals surface area contributed by atoms with Crippen molar-refractivity contribution in [1.82, 2.24) is 5.32 Å². The van der Waals surface area contributed by atoms with E-state index in [1.807, 2.05) is 0 Å². The van der Waals surface area contributed by atoms with Crippen LogP contribution in [-0.2, 0) is 4.79 Å². The van der Waals surface area contributed by atoms with Gasteiger partial charge in [0.2, 0.25) is 6.08 Å². The van der Waals surface area contributed by atoms with E-state index >= 15 is 0 Å². The van der Waals surface area contributed by atoms with Gasteiger partial charge in [-0.05, 0) is 12.8 Å². The number of thiocarbonyl (C=S) groups is 1. The average Bonchev–Trinajstić information content (AvgIpc) is 2.50. The zero-order chi connectivity index (χ0) is 16.3. The Hall–Kier alpha value is -0.380. The molecule has 0 heterocycles. The van der Waals surface area contributed by atoms with Crippen LogP contribution in [0, 0.1) is 0 Å². The normalized spacial score (nSPS) is 10.2. The van der Waals surface area contributed by atoms with Crippen molar-refractivity contribution >= 4 is 35.2 Å². The van der Waals surface area contributed by atoms with Crippen LogP contribution in [-0.4, -0.2) is 23.5 Å². The molecule has 22 heavy (non-hydrogen) atoms. The molecular formula is C17H32N2OS2. The van der Waals surface area contributed by atoms with Crippen molar-refractivity contribution in [3.05, 3.63) is 0 Å². The predicted octanol–water partition coefficient (Wildman–Crippen LogP) is 5.20. The van der Waals surface area contributed by atoms with Crippen molar-refractivity contribution in [2.45, 2.75) is 83.5 Å². The fourth-order valence-electron chi connectivity index (χ4n) is 2.50. The largest absolute Gasteiger partial charge is 0.371 e. The number of nitrogens with one attached hydrogen (secondary N) is 1. The lowest BCUT2D eigenvalue weighted by Gasteiger charge is -2.04. The van der Waals surface area contributed by atoms with Gasteiger partial charge in [-0.25, -0.2) is 9.79 Å². The average molecular weight is 345 g/mol. The highest BCUT2D eigenvalue weighted by Crippen LogP contribution is 2.12. The maximum absolute atomic E-state index is 9.88. The minimum absolute atomic E-state index is 0.606. The summed E-state index contributed by atoms with van der Waals surface area (Å²) < 4.78 is 0.606. The van der Waals surface area contributed by atoms with Gasteiger partial charge in [0, 0.05) is 6.54 Å². The summed E-state index contributed by atoms with van der Waals surface area (Å²) in [5.41, 5.74) is 0. The minimum Gasteiger partial charge on any atom is -0.371 e. The van der Waals surface area contributed by atoms with Crippen molar-refractivity contribution < 1.29 is 4.79 Å². The van der Waals surface area contributed by atoms with Crippen molar-refractivity contribution in [1.29, 1.82) is 0 Å². The molecule has 0 aliphatic heterocycles. The number of thiol groups is 1. The third kappa shape index (κ3) is 19.6. The number of hydrogen-bond acceptors (Lipinski definition) is 3. The number of carbonyl (C=O) groups excluding carboxylic acids is 1. The SMILES string of the molecule is O=C=NCCCCCCCCCCCCCCCNC(=S)S. The van der Waals surface area contributed by atoms with E-state index in [2.05, 4.69) is 22.9 Å². The first kappa shape index (κ1) is 21.6. The number of hydrogen-bond donors (Lipinski definition) is 2. The molecule has 0 bridgehead atoms. The Labute approximate surface area is 147 Å². The van der Waals surface area contributed by atoms with Crippen LogP contribution < -0.4 is 5.32 Å². The lowest BCUT2D eigenvalue weighted by molar-refractivity contribution is 0.536. The molecule has 128 valence electrons. The van der Waals surface area contributed by atoms with E-state index in [9.17, 15) is 4.79 Å². The van der Waals surface area contributed by atoms with E-state index in [1.54, 1.807) is 6.08 Å². The number of isocyanates is 1. The third-order valence-corrected chi connectivity index (χ3v) is 4.09. The van der Waals surface area contributed by atoms with E-state index in [4.69, 9.17) is 12.2 Å². The van der Waals surface area contributed by atoms with E-state index in [0.717, 1.165) is 13.0 Å². The Kier molecular flexibility index (Phi) is 18.3. The second-order valence-electron chi connectivity index (χ2n) is 5.80. The lowest BCUT2D eigenvalue weighted by Crippen LogP contribution is -2.17. The van der Waals surface area contributed by atoms with Crippen LogP contribution in [0.4, 0.5) is 0 Å². The summed E-state index contributed by atoms with van der Waals surface area (Å²) in [4.78, 5) is 13.4. The Morgan fingerprint density at radius 2 is 1.23 bits per heavy atom. The lowest BCUT2D eigenvalue weighted by atomic mass is 10.0. The first-order chi connectivity index (χ1) is 10.8. The molecule has 0 atom stereocenters. The molecule has 0 amide bonds. The van der Waals surface area contributed by atoms with Gasteiger partial charge in [0.1, 0.15) is 4.32 Å². The quantitative estimate of drug-likeness (QED) is 0.133. The second-order valence-corrected chi connectivity index (χ2v) is 6.96. The maximum Gasteiger partial charge on any atom is 0.234 e. The van der Waals surface area contributed by atoms with Gasteiger partial charge in [-0.1, -0.05) is 82.8 Å². The predicted molar refractivity (Wildman–Crippen MR) is 103 cm³/mol. The number of rotatable bonds is 16.